The molecule has 0 heterocycles. The van der Waals surface area contributed by atoms with Crippen LogP contribution in [0.15, 0.2) is 0 Å². The molecule has 0 aliphatic heterocycles. The van der Waals surface area contributed by atoms with Crippen molar-refractivity contribution in [1.29, 1.82) is 0 Å². The summed E-state index contributed by atoms with van der Waals surface area (Å²) in [5, 5.41) is 2.75. The van der Waals surface area contributed by atoms with Gasteiger partial charge in [-0.15, -0.1) is 0 Å². The minimum absolute atomic E-state index is 0.0471. The summed E-state index contributed by atoms with van der Waals surface area (Å²) in [6.45, 7) is 7.60. The van der Waals surface area contributed by atoms with Gasteiger partial charge in [-0.25, -0.2) is 0 Å². The van der Waals surface area contributed by atoms with Crippen molar-refractivity contribution < 1.29 is 19.1 Å². The number of carbonyl (C=O) groups is 3. The van der Waals surface area contributed by atoms with Crippen molar-refractivity contribution in [2.45, 2.75) is 52.6 Å². The van der Waals surface area contributed by atoms with Gasteiger partial charge in [-0.1, -0.05) is 13.8 Å². The molecule has 0 aromatic heterocycles. The van der Waals surface area contributed by atoms with Crippen LogP contribution in [0.4, 0.5) is 0 Å². The van der Waals surface area contributed by atoms with Crippen molar-refractivity contribution in [2.24, 2.45) is 5.92 Å². The standard InChI is InChI=1S/C15H26N2O4/c1-5-21-14(20)9-17(12-6-7-12)8-13(19)16-15(10(2)3)11(4)18/h10,12,15H,5-9H2,1-4H3,(H,16,19). The Kier molecular flexibility index (Phi) is 6.81. The molecule has 1 aliphatic rings. The van der Waals surface area contributed by atoms with Gasteiger partial charge in [-0.3, -0.25) is 19.3 Å². The second-order valence-electron chi connectivity index (χ2n) is 5.84. The predicted octanol–water partition coefficient (Wildman–Crippen LogP) is 0.744. The molecule has 6 heteroatoms. The molecule has 1 fully saturated rings. The Morgan fingerprint density at radius 2 is 1.86 bits per heavy atom. The van der Waals surface area contributed by atoms with Gasteiger partial charge in [-0.2, -0.15) is 0 Å². The summed E-state index contributed by atoms with van der Waals surface area (Å²) >= 11 is 0. The molecular formula is C15H26N2O4. The highest BCUT2D eigenvalue weighted by Gasteiger charge is 2.32. The quantitative estimate of drug-likeness (QED) is 0.636. The van der Waals surface area contributed by atoms with E-state index in [2.05, 4.69) is 5.32 Å². The van der Waals surface area contributed by atoms with Crippen LogP contribution >= 0.6 is 0 Å². The van der Waals surface area contributed by atoms with Gasteiger partial charge in [0.15, 0.2) is 5.78 Å². The van der Waals surface area contributed by atoms with Crippen molar-refractivity contribution >= 4 is 17.7 Å². The molecule has 1 unspecified atom stereocenters. The van der Waals surface area contributed by atoms with Gasteiger partial charge in [0, 0.05) is 6.04 Å². The van der Waals surface area contributed by atoms with E-state index in [1.165, 1.54) is 6.92 Å². The third kappa shape index (κ3) is 6.25. The zero-order valence-corrected chi connectivity index (χ0v) is 13.3. The molecule has 0 spiro atoms. The summed E-state index contributed by atoms with van der Waals surface area (Å²) in [6, 6.07) is -0.198. The molecule has 1 amide bonds. The van der Waals surface area contributed by atoms with Crippen molar-refractivity contribution in [2.75, 3.05) is 19.7 Å². The average Bonchev–Trinajstić information content (AvgIpc) is 3.18. The van der Waals surface area contributed by atoms with Crippen molar-refractivity contribution in [1.82, 2.24) is 10.2 Å². The number of hydrogen-bond donors (Lipinski definition) is 1. The maximum atomic E-state index is 12.1. The summed E-state index contributed by atoms with van der Waals surface area (Å²) < 4.78 is 4.92. The van der Waals surface area contributed by atoms with Crippen LogP contribution < -0.4 is 5.32 Å². The van der Waals surface area contributed by atoms with E-state index in [4.69, 9.17) is 4.74 Å². The topological polar surface area (TPSA) is 75.7 Å². The van der Waals surface area contributed by atoms with Crippen LogP contribution in [0.25, 0.3) is 0 Å². The van der Waals surface area contributed by atoms with Crippen LogP contribution in [0.2, 0.25) is 0 Å². The Morgan fingerprint density at radius 3 is 2.29 bits per heavy atom. The van der Waals surface area contributed by atoms with Crippen LogP contribution in [-0.4, -0.2) is 54.3 Å². The Labute approximate surface area is 126 Å². The fourth-order valence-electron chi connectivity index (χ4n) is 2.27. The van der Waals surface area contributed by atoms with Gasteiger partial charge in [-0.05, 0) is 32.6 Å². The Morgan fingerprint density at radius 1 is 1.24 bits per heavy atom. The molecule has 1 saturated carbocycles. The maximum absolute atomic E-state index is 12.1. The molecule has 0 bridgehead atoms. The molecule has 1 atom stereocenters. The molecule has 0 aromatic carbocycles. The lowest BCUT2D eigenvalue weighted by Crippen LogP contribution is -2.48. The predicted molar refractivity (Wildman–Crippen MR) is 78.7 cm³/mol. The minimum Gasteiger partial charge on any atom is -0.465 e. The molecule has 0 aromatic rings. The van der Waals surface area contributed by atoms with E-state index in [9.17, 15) is 14.4 Å². The lowest BCUT2D eigenvalue weighted by molar-refractivity contribution is -0.145. The smallest absolute Gasteiger partial charge is 0.320 e. The molecular weight excluding hydrogens is 272 g/mol. The lowest BCUT2D eigenvalue weighted by atomic mass is 10.0. The van der Waals surface area contributed by atoms with Gasteiger partial charge in [0.25, 0.3) is 0 Å². The van der Waals surface area contributed by atoms with Crippen molar-refractivity contribution in [3.8, 4) is 0 Å². The van der Waals surface area contributed by atoms with Crippen LogP contribution in [0.3, 0.4) is 0 Å². The van der Waals surface area contributed by atoms with Gasteiger partial charge < -0.3 is 10.1 Å². The molecule has 6 nitrogen and oxygen atoms in total. The van der Waals surface area contributed by atoms with Crippen LogP contribution in [0, 0.1) is 5.92 Å². The number of nitrogens with zero attached hydrogens (tertiary/aromatic N) is 1. The molecule has 21 heavy (non-hydrogen) atoms. The van der Waals surface area contributed by atoms with Gasteiger partial charge in [0.2, 0.25) is 5.91 Å². The fourth-order valence-corrected chi connectivity index (χ4v) is 2.27. The van der Waals surface area contributed by atoms with Gasteiger partial charge in [0.05, 0.1) is 25.7 Å². The van der Waals surface area contributed by atoms with Gasteiger partial charge >= 0.3 is 5.97 Å². The number of amides is 1. The van der Waals surface area contributed by atoms with E-state index in [0.29, 0.717) is 6.61 Å². The average molecular weight is 298 g/mol. The number of ketones is 1. The molecule has 1 N–H and O–H groups in total. The first-order valence-corrected chi connectivity index (χ1v) is 7.54. The number of carbonyl (C=O) groups excluding carboxylic acids is 3. The largest absolute Gasteiger partial charge is 0.465 e. The SMILES string of the molecule is CCOC(=O)CN(CC(=O)NC(C(C)=O)C(C)C)C1CC1. The van der Waals surface area contributed by atoms with Crippen molar-refractivity contribution in [3.63, 3.8) is 0 Å². The maximum Gasteiger partial charge on any atom is 0.320 e. The Bertz CT molecular complexity index is 391. The highest BCUT2D eigenvalue weighted by atomic mass is 16.5. The highest BCUT2D eigenvalue weighted by molar-refractivity contribution is 5.88. The van der Waals surface area contributed by atoms with E-state index < -0.39 is 6.04 Å². The molecule has 1 rings (SSSR count). The van der Waals surface area contributed by atoms with E-state index in [-0.39, 0.29) is 42.7 Å². The highest BCUT2D eigenvalue weighted by Crippen LogP contribution is 2.26. The summed E-state index contributed by atoms with van der Waals surface area (Å²) in [5.41, 5.74) is 0. The van der Waals surface area contributed by atoms with Crippen LogP contribution in [0.1, 0.15) is 40.5 Å². The second-order valence-corrected chi connectivity index (χ2v) is 5.84. The summed E-state index contributed by atoms with van der Waals surface area (Å²) in [5.74, 6) is -0.545. The molecule has 0 saturated heterocycles. The summed E-state index contributed by atoms with van der Waals surface area (Å²) in [6.07, 6.45) is 1.99. The van der Waals surface area contributed by atoms with Crippen molar-refractivity contribution in [3.05, 3.63) is 0 Å². The zero-order chi connectivity index (χ0) is 16.0. The van der Waals surface area contributed by atoms with E-state index in [1.54, 1.807) is 6.92 Å². The zero-order valence-electron chi connectivity index (χ0n) is 13.3. The molecule has 1 aliphatic carbocycles. The number of hydrogen-bond acceptors (Lipinski definition) is 5. The molecule has 0 radical (unpaired) electrons. The minimum atomic E-state index is -0.471. The first-order valence-electron chi connectivity index (χ1n) is 7.54. The first kappa shape index (κ1) is 17.6. The Balaban J connectivity index is 2.52. The Hall–Kier alpha value is -1.43. The van der Waals surface area contributed by atoms with E-state index in [0.717, 1.165) is 12.8 Å². The third-order valence-electron chi connectivity index (χ3n) is 3.47. The molecule has 120 valence electrons. The summed E-state index contributed by atoms with van der Waals surface area (Å²) in [7, 11) is 0. The van der Waals surface area contributed by atoms with Crippen LogP contribution in [-0.2, 0) is 19.1 Å². The fraction of sp³-hybridized carbons (Fsp3) is 0.800. The lowest BCUT2D eigenvalue weighted by Gasteiger charge is -2.24. The number of rotatable bonds is 9. The number of nitrogens with one attached hydrogen (secondary N) is 1. The number of ether oxygens (including phenoxy) is 1. The normalized spacial score (nSPS) is 15.9. The van der Waals surface area contributed by atoms with Gasteiger partial charge in [0.1, 0.15) is 0 Å². The third-order valence-corrected chi connectivity index (χ3v) is 3.47. The first-order chi connectivity index (χ1) is 9.85. The van der Waals surface area contributed by atoms with E-state index >= 15 is 0 Å². The van der Waals surface area contributed by atoms with Crippen LogP contribution in [0.5, 0.6) is 0 Å². The number of esters is 1. The monoisotopic (exact) mass is 298 g/mol. The van der Waals surface area contributed by atoms with E-state index in [1.807, 2.05) is 18.7 Å². The number of Topliss-reactive ketones (excluding diaryl/α,β-unsaturated/α-hetero) is 1. The second kappa shape index (κ2) is 8.12. The summed E-state index contributed by atoms with van der Waals surface area (Å²) in [4.78, 5) is 37.0.